The zero-order valence-electron chi connectivity index (χ0n) is 10.4. The van der Waals surface area contributed by atoms with Gasteiger partial charge in [-0.05, 0) is 19.3 Å². The lowest BCUT2D eigenvalue weighted by Crippen LogP contribution is -2.26. The lowest BCUT2D eigenvalue weighted by molar-refractivity contribution is 0.0157. The van der Waals surface area contributed by atoms with Crippen molar-refractivity contribution < 1.29 is 20.4 Å². The summed E-state index contributed by atoms with van der Waals surface area (Å²) in [6.07, 6.45) is -0.470. The number of aliphatic hydroxyl groups excluding tert-OH is 4. The molecule has 0 radical (unpaired) electrons. The van der Waals surface area contributed by atoms with E-state index in [9.17, 15) is 0 Å². The molecule has 0 heterocycles. The number of hydrogen-bond donors (Lipinski definition) is 5. The SMILES string of the molecule is C.CCC(O)C(O)CC.CCC(O)C(O)CS. The normalized spacial score (nSPS) is 16.9. The lowest BCUT2D eigenvalue weighted by Gasteiger charge is -2.12. The molecule has 0 aliphatic carbocycles. The van der Waals surface area contributed by atoms with Crippen LogP contribution in [0.3, 0.4) is 0 Å². The molecule has 0 fully saturated rings. The molecular weight excluding hydrogens is 240 g/mol. The third kappa shape index (κ3) is 12.4. The zero-order valence-corrected chi connectivity index (χ0v) is 11.3. The Hall–Kier alpha value is 0.190. The minimum absolute atomic E-state index is 0. The summed E-state index contributed by atoms with van der Waals surface area (Å²) >= 11 is 3.80. The Balaban J connectivity index is -0.000000218. The van der Waals surface area contributed by atoms with E-state index in [1.165, 1.54) is 0 Å². The Labute approximate surface area is 111 Å². The van der Waals surface area contributed by atoms with Crippen LogP contribution < -0.4 is 0 Å². The van der Waals surface area contributed by atoms with E-state index in [0.29, 0.717) is 25.0 Å². The summed E-state index contributed by atoms with van der Waals surface area (Å²) in [5.41, 5.74) is 0. The first-order valence-corrected chi connectivity index (χ1v) is 6.40. The van der Waals surface area contributed by atoms with Gasteiger partial charge in [-0.15, -0.1) is 0 Å². The molecule has 0 rings (SSSR count). The van der Waals surface area contributed by atoms with E-state index in [1.54, 1.807) is 0 Å². The van der Waals surface area contributed by atoms with Crippen LogP contribution in [0.15, 0.2) is 0 Å². The fraction of sp³-hybridized carbons (Fsp3) is 1.00. The van der Waals surface area contributed by atoms with Crippen molar-refractivity contribution in [2.24, 2.45) is 0 Å². The van der Waals surface area contributed by atoms with Gasteiger partial charge in [-0.25, -0.2) is 0 Å². The Morgan fingerprint density at radius 2 is 0.941 bits per heavy atom. The first-order chi connectivity index (χ1) is 7.44. The summed E-state index contributed by atoms with van der Waals surface area (Å²) in [6, 6.07) is 0. The van der Waals surface area contributed by atoms with Gasteiger partial charge in [0.2, 0.25) is 0 Å². The molecule has 4 nitrogen and oxygen atoms in total. The van der Waals surface area contributed by atoms with E-state index in [-0.39, 0.29) is 7.43 Å². The van der Waals surface area contributed by atoms with E-state index in [4.69, 9.17) is 20.4 Å². The summed E-state index contributed by atoms with van der Waals surface area (Å²) in [5.74, 6) is 0.328. The maximum Gasteiger partial charge on any atom is 0.0886 e. The molecule has 0 amide bonds. The van der Waals surface area contributed by atoms with Gasteiger partial charge in [0.1, 0.15) is 0 Å². The highest BCUT2D eigenvalue weighted by Crippen LogP contribution is 2.00. The van der Waals surface area contributed by atoms with Crippen LogP contribution >= 0.6 is 12.6 Å². The summed E-state index contributed by atoms with van der Waals surface area (Å²) < 4.78 is 0. The predicted octanol–water partition coefficient (Wildman–Crippen LogP) is 1.21. The molecule has 17 heavy (non-hydrogen) atoms. The highest BCUT2D eigenvalue weighted by atomic mass is 32.1. The molecule has 0 aliphatic heterocycles. The fourth-order valence-electron chi connectivity index (χ4n) is 0.938. The van der Waals surface area contributed by atoms with E-state index in [2.05, 4.69) is 12.6 Å². The van der Waals surface area contributed by atoms with Crippen molar-refractivity contribution in [2.75, 3.05) is 5.75 Å². The molecule has 0 saturated carbocycles. The molecular formula is C12H30O4S. The van der Waals surface area contributed by atoms with Gasteiger partial charge < -0.3 is 20.4 Å². The largest absolute Gasteiger partial charge is 0.390 e. The highest BCUT2D eigenvalue weighted by Gasteiger charge is 2.10. The van der Waals surface area contributed by atoms with Crippen LogP contribution in [-0.2, 0) is 0 Å². The number of thiol groups is 1. The maximum atomic E-state index is 8.88. The second-order valence-corrected chi connectivity index (χ2v) is 4.04. The molecule has 0 aromatic heterocycles. The molecule has 0 aliphatic rings. The first-order valence-electron chi connectivity index (χ1n) is 5.77. The van der Waals surface area contributed by atoms with Crippen LogP contribution in [0.5, 0.6) is 0 Å². The topological polar surface area (TPSA) is 80.9 Å². The molecule has 0 aromatic rings. The van der Waals surface area contributed by atoms with Crippen LogP contribution in [0.4, 0.5) is 0 Å². The molecule has 0 spiro atoms. The predicted molar refractivity (Wildman–Crippen MR) is 75.5 cm³/mol. The molecule has 0 aromatic carbocycles. The molecule has 4 atom stereocenters. The first kappa shape index (κ1) is 22.4. The molecule has 4 N–H and O–H groups in total. The summed E-state index contributed by atoms with van der Waals surface area (Å²) in [4.78, 5) is 0. The summed E-state index contributed by atoms with van der Waals surface area (Å²) in [7, 11) is 0. The van der Waals surface area contributed by atoms with E-state index >= 15 is 0 Å². The average Bonchev–Trinajstić information content (AvgIpc) is 2.35. The fourth-order valence-corrected chi connectivity index (χ4v) is 1.18. The Morgan fingerprint density at radius 1 is 0.706 bits per heavy atom. The van der Waals surface area contributed by atoms with Crippen molar-refractivity contribution in [2.45, 2.75) is 71.9 Å². The Kier molecular flexibility index (Phi) is 18.8. The minimum atomic E-state index is -0.664. The third-order valence-corrected chi connectivity index (χ3v) is 2.70. The standard InChI is InChI=1S/C6H14O2.C5H12O2S.CH4/c1-3-5(7)6(8)4-2;1-2-4(6)5(7)3-8;/h5-8H,3-4H2,1-2H3;4-8H,2-3H2,1H3;1H4. The van der Waals surface area contributed by atoms with Crippen LogP contribution in [0, 0.1) is 0 Å². The van der Waals surface area contributed by atoms with Crippen molar-refractivity contribution in [1.29, 1.82) is 0 Å². The lowest BCUT2D eigenvalue weighted by atomic mass is 10.1. The molecule has 4 unspecified atom stereocenters. The van der Waals surface area contributed by atoms with Gasteiger partial charge in [0, 0.05) is 5.75 Å². The maximum absolute atomic E-state index is 8.88. The second kappa shape index (κ2) is 14.3. The smallest absolute Gasteiger partial charge is 0.0886 e. The van der Waals surface area contributed by atoms with Gasteiger partial charge in [-0.1, -0.05) is 28.2 Å². The molecule has 0 saturated heterocycles. The van der Waals surface area contributed by atoms with Crippen LogP contribution in [-0.4, -0.2) is 50.6 Å². The van der Waals surface area contributed by atoms with E-state index in [0.717, 1.165) is 0 Å². The van der Waals surface area contributed by atoms with E-state index < -0.39 is 24.4 Å². The second-order valence-electron chi connectivity index (χ2n) is 3.68. The van der Waals surface area contributed by atoms with Gasteiger partial charge in [0.25, 0.3) is 0 Å². The number of aliphatic hydroxyl groups is 4. The molecule has 0 bridgehead atoms. The summed E-state index contributed by atoms with van der Waals surface area (Å²) in [5, 5.41) is 35.4. The van der Waals surface area contributed by atoms with Crippen LogP contribution in [0.25, 0.3) is 0 Å². The van der Waals surface area contributed by atoms with Crippen molar-refractivity contribution in [1.82, 2.24) is 0 Å². The monoisotopic (exact) mass is 270 g/mol. The summed E-state index contributed by atoms with van der Waals surface area (Å²) in [6.45, 7) is 5.52. The van der Waals surface area contributed by atoms with Crippen LogP contribution in [0.2, 0.25) is 0 Å². The quantitative estimate of drug-likeness (QED) is 0.470. The Bertz CT molecular complexity index is 114. The van der Waals surface area contributed by atoms with Crippen LogP contribution in [0.1, 0.15) is 47.5 Å². The Morgan fingerprint density at radius 3 is 1.06 bits per heavy atom. The van der Waals surface area contributed by atoms with Crippen molar-refractivity contribution in [3.05, 3.63) is 0 Å². The van der Waals surface area contributed by atoms with E-state index in [1.807, 2.05) is 20.8 Å². The number of rotatable bonds is 6. The highest BCUT2D eigenvalue weighted by molar-refractivity contribution is 7.80. The third-order valence-electron chi connectivity index (χ3n) is 2.33. The minimum Gasteiger partial charge on any atom is -0.390 e. The van der Waals surface area contributed by atoms with Crippen molar-refractivity contribution in [3.63, 3.8) is 0 Å². The van der Waals surface area contributed by atoms with Gasteiger partial charge in [-0.3, -0.25) is 0 Å². The van der Waals surface area contributed by atoms with Gasteiger partial charge in [-0.2, -0.15) is 12.6 Å². The van der Waals surface area contributed by atoms with Gasteiger partial charge in [0.05, 0.1) is 24.4 Å². The van der Waals surface area contributed by atoms with Gasteiger partial charge in [0.15, 0.2) is 0 Å². The number of hydrogen-bond acceptors (Lipinski definition) is 5. The average molecular weight is 270 g/mol. The van der Waals surface area contributed by atoms with Crippen molar-refractivity contribution >= 4 is 12.6 Å². The molecule has 108 valence electrons. The molecule has 5 heteroatoms. The van der Waals surface area contributed by atoms with Crippen molar-refractivity contribution in [3.8, 4) is 0 Å². The zero-order chi connectivity index (χ0) is 13.1. The van der Waals surface area contributed by atoms with Gasteiger partial charge >= 0.3 is 0 Å².